The van der Waals surface area contributed by atoms with Crippen LogP contribution in [0.2, 0.25) is 0 Å². The first-order chi connectivity index (χ1) is 9.33. The third kappa shape index (κ3) is 5.73. The lowest BCUT2D eigenvalue weighted by atomic mass is 9.99. The van der Waals surface area contributed by atoms with Gasteiger partial charge in [-0.25, -0.2) is 0 Å². The zero-order chi connectivity index (χ0) is 13.9. The molecule has 1 atom stereocenters. The monoisotopic (exact) mass is 262 g/mol. The van der Waals surface area contributed by atoms with Crippen LogP contribution in [0.1, 0.15) is 76.1 Å². The average molecular weight is 262 g/mol. The van der Waals surface area contributed by atoms with Gasteiger partial charge in [-0.15, -0.1) is 0 Å². The van der Waals surface area contributed by atoms with Crippen molar-refractivity contribution in [2.45, 2.75) is 71.3 Å². The van der Waals surface area contributed by atoms with E-state index in [1.54, 1.807) is 0 Å². The summed E-state index contributed by atoms with van der Waals surface area (Å²) in [4.78, 5) is 4.59. The summed E-state index contributed by atoms with van der Waals surface area (Å²) in [5.41, 5.74) is 2.63. The van der Waals surface area contributed by atoms with E-state index < -0.39 is 0 Å². The molecule has 0 radical (unpaired) electrons. The minimum absolute atomic E-state index is 0.419. The summed E-state index contributed by atoms with van der Waals surface area (Å²) in [6.45, 7) is 4.47. The molecule has 0 aromatic carbocycles. The molecule has 0 aliphatic heterocycles. The predicted molar refractivity (Wildman–Crippen MR) is 83.4 cm³/mol. The summed E-state index contributed by atoms with van der Waals surface area (Å²) in [7, 11) is 2.05. The summed E-state index contributed by atoms with van der Waals surface area (Å²) >= 11 is 0. The highest BCUT2D eigenvalue weighted by Gasteiger charge is 2.13. The highest BCUT2D eigenvalue weighted by molar-refractivity contribution is 5.22. The fourth-order valence-corrected chi connectivity index (χ4v) is 2.61. The van der Waals surface area contributed by atoms with Crippen molar-refractivity contribution in [1.82, 2.24) is 10.3 Å². The van der Waals surface area contributed by atoms with Gasteiger partial charge in [-0.2, -0.15) is 0 Å². The lowest BCUT2D eigenvalue weighted by Gasteiger charge is -2.18. The third-order valence-corrected chi connectivity index (χ3v) is 3.83. The second kappa shape index (κ2) is 9.96. The van der Waals surface area contributed by atoms with E-state index in [1.807, 2.05) is 12.3 Å². The van der Waals surface area contributed by atoms with Crippen molar-refractivity contribution in [2.75, 3.05) is 7.05 Å². The van der Waals surface area contributed by atoms with Crippen molar-refractivity contribution >= 4 is 0 Å². The predicted octanol–water partition coefficient (Wildman–Crippen LogP) is 4.66. The van der Waals surface area contributed by atoms with Crippen LogP contribution in [0.15, 0.2) is 18.3 Å². The van der Waals surface area contributed by atoms with Gasteiger partial charge in [0, 0.05) is 12.2 Å². The van der Waals surface area contributed by atoms with Gasteiger partial charge < -0.3 is 5.32 Å². The number of unbranched alkanes of at least 4 members (excludes halogenated alkanes) is 5. The molecule has 0 bridgehead atoms. The molecule has 0 amide bonds. The van der Waals surface area contributed by atoms with Crippen molar-refractivity contribution in [1.29, 1.82) is 0 Å². The Labute approximate surface area is 119 Å². The summed E-state index contributed by atoms with van der Waals surface area (Å²) in [6, 6.07) is 4.66. The molecule has 0 fully saturated rings. The smallest absolute Gasteiger partial charge is 0.0604 e. The van der Waals surface area contributed by atoms with E-state index >= 15 is 0 Å². The number of aryl methyl sites for hydroxylation is 1. The number of hydrogen-bond donors (Lipinski definition) is 1. The Morgan fingerprint density at radius 1 is 1.11 bits per heavy atom. The Morgan fingerprint density at radius 3 is 2.53 bits per heavy atom. The van der Waals surface area contributed by atoms with Gasteiger partial charge >= 0.3 is 0 Å². The second-order valence-corrected chi connectivity index (χ2v) is 5.30. The topological polar surface area (TPSA) is 24.9 Å². The van der Waals surface area contributed by atoms with E-state index in [1.165, 1.54) is 56.2 Å². The van der Waals surface area contributed by atoms with Crippen molar-refractivity contribution in [3.63, 3.8) is 0 Å². The highest BCUT2D eigenvalue weighted by Crippen LogP contribution is 2.21. The molecule has 0 spiro atoms. The minimum Gasteiger partial charge on any atom is -0.312 e. The van der Waals surface area contributed by atoms with Crippen LogP contribution in [0.5, 0.6) is 0 Å². The van der Waals surface area contributed by atoms with Crippen LogP contribution in [0.25, 0.3) is 0 Å². The van der Waals surface area contributed by atoms with E-state index in [2.05, 4.69) is 37.3 Å². The first-order valence-corrected chi connectivity index (χ1v) is 7.94. The first kappa shape index (κ1) is 16.2. The van der Waals surface area contributed by atoms with Crippen LogP contribution < -0.4 is 5.32 Å². The normalized spacial score (nSPS) is 12.6. The quantitative estimate of drug-likeness (QED) is 0.621. The molecule has 0 aliphatic rings. The molecule has 19 heavy (non-hydrogen) atoms. The Bertz CT molecular complexity index is 336. The molecule has 1 N–H and O–H groups in total. The Hall–Kier alpha value is -0.890. The molecule has 2 heteroatoms. The number of rotatable bonds is 10. The molecule has 0 saturated carbocycles. The van der Waals surface area contributed by atoms with Gasteiger partial charge in [-0.3, -0.25) is 4.98 Å². The number of nitrogens with zero attached hydrogens (tertiary/aromatic N) is 1. The van der Waals surface area contributed by atoms with Crippen LogP contribution in [0.3, 0.4) is 0 Å². The van der Waals surface area contributed by atoms with Crippen molar-refractivity contribution in [2.24, 2.45) is 0 Å². The Kier molecular flexibility index (Phi) is 8.48. The third-order valence-electron chi connectivity index (χ3n) is 3.83. The lowest BCUT2D eigenvalue weighted by molar-refractivity contribution is 0.486. The summed E-state index contributed by atoms with van der Waals surface area (Å²) in [5, 5.41) is 3.43. The molecule has 0 saturated heterocycles. The van der Waals surface area contributed by atoms with E-state index in [-0.39, 0.29) is 0 Å². The Balaban J connectivity index is 2.40. The zero-order valence-electron chi connectivity index (χ0n) is 12.9. The van der Waals surface area contributed by atoms with Crippen LogP contribution in [-0.4, -0.2) is 12.0 Å². The molecule has 1 aromatic heterocycles. The number of aromatic nitrogens is 1. The molecule has 1 heterocycles. The van der Waals surface area contributed by atoms with Gasteiger partial charge in [0.2, 0.25) is 0 Å². The number of pyridine rings is 1. The molecule has 0 aliphatic carbocycles. The molecule has 108 valence electrons. The molecule has 1 unspecified atom stereocenters. The van der Waals surface area contributed by atoms with Crippen molar-refractivity contribution in [3.05, 3.63) is 29.6 Å². The SMILES string of the molecule is CCCCCCCCC(NC)c1ncccc1CC. The fraction of sp³-hybridized carbons (Fsp3) is 0.706. The second-order valence-electron chi connectivity index (χ2n) is 5.30. The standard InChI is InChI=1S/C17H30N2/c1-4-6-7-8-9-10-13-16(18-3)17-15(5-2)12-11-14-19-17/h11-12,14,16,18H,4-10,13H2,1-3H3. The maximum Gasteiger partial charge on any atom is 0.0604 e. The van der Waals surface area contributed by atoms with Gasteiger partial charge in [-0.1, -0.05) is 58.4 Å². The average Bonchev–Trinajstić information content (AvgIpc) is 2.47. The van der Waals surface area contributed by atoms with Gasteiger partial charge in [0.25, 0.3) is 0 Å². The maximum absolute atomic E-state index is 4.59. The molecular formula is C17H30N2. The first-order valence-electron chi connectivity index (χ1n) is 7.94. The summed E-state index contributed by atoms with van der Waals surface area (Å²) < 4.78 is 0. The largest absolute Gasteiger partial charge is 0.312 e. The van der Waals surface area contributed by atoms with Crippen LogP contribution in [-0.2, 0) is 6.42 Å². The van der Waals surface area contributed by atoms with E-state index in [0.29, 0.717) is 6.04 Å². The van der Waals surface area contributed by atoms with Gasteiger partial charge in [0.05, 0.1) is 5.69 Å². The van der Waals surface area contributed by atoms with Gasteiger partial charge in [0.1, 0.15) is 0 Å². The van der Waals surface area contributed by atoms with E-state index in [4.69, 9.17) is 0 Å². The highest BCUT2D eigenvalue weighted by atomic mass is 14.9. The van der Waals surface area contributed by atoms with Crippen LogP contribution >= 0.6 is 0 Å². The van der Waals surface area contributed by atoms with Crippen LogP contribution in [0, 0.1) is 0 Å². The molecular weight excluding hydrogens is 232 g/mol. The molecule has 1 rings (SSSR count). The van der Waals surface area contributed by atoms with Crippen molar-refractivity contribution < 1.29 is 0 Å². The lowest BCUT2D eigenvalue weighted by Crippen LogP contribution is -2.19. The molecule has 1 aromatic rings. The molecule has 2 nitrogen and oxygen atoms in total. The summed E-state index contributed by atoms with van der Waals surface area (Å²) in [5.74, 6) is 0. The Morgan fingerprint density at radius 2 is 1.84 bits per heavy atom. The van der Waals surface area contributed by atoms with Crippen molar-refractivity contribution in [3.8, 4) is 0 Å². The van der Waals surface area contributed by atoms with Gasteiger partial charge in [-0.05, 0) is 31.5 Å². The number of nitrogens with one attached hydrogen (secondary N) is 1. The van der Waals surface area contributed by atoms with Crippen LogP contribution in [0.4, 0.5) is 0 Å². The number of hydrogen-bond acceptors (Lipinski definition) is 2. The summed E-state index contributed by atoms with van der Waals surface area (Å²) in [6.07, 6.45) is 12.3. The zero-order valence-corrected chi connectivity index (χ0v) is 12.9. The van der Waals surface area contributed by atoms with E-state index in [0.717, 1.165) is 6.42 Å². The van der Waals surface area contributed by atoms with E-state index in [9.17, 15) is 0 Å². The van der Waals surface area contributed by atoms with Gasteiger partial charge in [0.15, 0.2) is 0 Å². The fourth-order valence-electron chi connectivity index (χ4n) is 2.61. The maximum atomic E-state index is 4.59. The minimum atomic E-state index is 0.419.